The zero-order valence-electron chi connectivity index (χ0n) is 7.43. The van der Waals surface area contributed by atoms with E-state index < -0.39 is 6.43 Å². The summed E-state index contributed by atoms with van der Waals surface area (Å²) in [5.74, 6) is 5.83. The summed E-state index contributed by atoms with van der Waals surface area (Å²) >= 11 is 5.42. The van der Waals surface area contributed by atoms with E-state index in [4.69, 9.17) is 11.6 Å². The van der Waals surface area contributed by atoms with Crippen molar-refractivity contribution in [3.63, 3.8) is 0 Å². The zero-order valence-corrected chi connectivity index (χ0v) is 8.19. The number of halogens is 3. The van der Waals surface area contributed by atoms with E-state index in [1.165, 1.54) is 6.07 Å². The molecule has 0 nitrogen and oxygen atoms in total. The van der Waals surface area contributed by atoms with Crippen LogP contribution in [0.2, 0.25) is 0 Å². The fourth-order valence-corrected chi connectivity index (χ4v) is 1.10. The zero-order chi connectivity index (χ0) is 10.4. The molecule has 1 rings (SSSR count). The summed E-state index contributed by atoms with van der Waals surface area (Å²) in [5, 5.41) is 0. The standard InChI is InChI=1S/C11H9ClF2/c12-8-4-3-6-9-5-1-2-7-10(9)11(13)14/h1-2,5,7,11H,4,8H2. The Bertz CT molecular complexity index is 350. The Morgan fingerprint density at radius 3 is 2.64 bits per heavy atom. The van der Waals surface area contributed by atoms with Crippen molar-refractivity contribution in [3.05, 3.63) is 35.4 Å². The van der Waals surface area contributed by atoms with Gasteiger partial charge in [-0.15, -0.1) is 11.6 Å². The molecule has 0 atom stereocenters. The highest BCUT2D eigenvalue weighted by molar-refractivity contribution is 6.18. The molecule has 0 aliphatic heterocycles. The van der Waals surface area contributed by atoms with Gasteiger partial charge >= 0.3 is 0 Å². The Morgan fingerprint density at radius 1 is 1.29 bits per heavy atom. The van der Waals surface area contributed by atoms with Crippen LogP contribution in [0.4, 0.5) is 8.78 Å². The van der Waals surface area contributed by atoms with Gasteiger partial charge in [-0.1, -0.05) is 30.0 Å². The van der Waals surface area contributed by atoms with Gasteiger partial charge in [-0.25, -0.2) is 8.78 Å². The van der Waals surface area contributed by atoms with Crippen LogP contribution >= 0.6 is 11.6 Å². The summed E-state index contributed by atoms with van der Waals surface area (Å²) in [6.45, 7) is 0. The highest BCUT2D eigenvalue weighted by Gasteiger charge is 2.09. The molecule has 1 aromatic carbocycles. The molecule has 74 valence electrons. The fraction of sp³-hybridized carbons (Fsp3) is 0.273. The van der Waals surface area contributed by atoms with Gasteiger partial charge in [0.25, 0.3) is 6.43 Å². The van der Waals surface area contributed by atoms with Gasteiger partial charge in [-0.3, -0.25) is 0 Å². The summed E-state index contributed by atoms with van der Waals surface area (Å²) in [6, 6.07) is 6.24. The molecule has 0 saturated heterocycles. The first-order valence-electron chi connectivity index (χ1n) is 4.17. The monoisotopic (exact) mass is 214 g/mol. The first kappa shape index (κ1) is 11.0. The third-order valence-corrected chi connectivity index (χ3v) is 1.83. The molecule has 0 N–H and O–H groups in total. The average Bonchev–Trinajstić information content (AvgIpc) is 2.19. The van der Waals surface area contributed by atoms with E-state index in [0.717, 1.165) is 0 Å². The van der Waals surface area contributed by atoms with Gasteiger partial charge in [0.15, 0.2) is 0 Å². The van der Waals surface area contributed by atoms with Gasteiger partial charge in [0, 0.05) is 23.4 Å². The average molecular weight is 215 g/mol. The lowest BCUT2D eigenvalue weighted by atomic mass is 10.1. The second-order valence-corrected chi connectivity index (χ2v) is 3.01. The second-order valence-electron chi connectivity index (χ2n) is 2.63. The Balaban J connectivity index is 2.92. The van der Waals surface area contributed by atoms with E-state index >= 15 is 0 Å². The molecule has 0 saturated carbocycles. The first-order valence-corrected chi connectivity index (χ1v) is 4.71. The largest absolute Gasteiger partial charge is 0.265 e. The smallest absolute Gasteiger partial charge is 0.205 e. The van der Waals surface area contributed by atoms with Crippen molar-refractivity contribution >= 4 is 11.6 Å². The van der Waals surface area contributed by atoms with Gasteiger partial charge in [0.1, 0.15) is 0 Å². The Morgan fingerprint density at radius 2 is 2.00 bits per heavy atom. The third kappa shape index (κ3) is 3.01. The predicted molar refractivity (Wildman–Crippen MR) is 53.6 cm³/mol. The molecular weight excluding hydrogens is 206 g/mol. The number of benzene rings is 1. The Kier molecular flexibility index (Phi) is 4.42. The minimum Gasteiger partial charge on any atom is -0.205 e. The van der Waals surface area contributed by atoms with Gasteiger partial charge in [-0.2, -0.15) is 0 Å². The molecule has 0 amide bonds. The van der Waals surface area contributed by atoms with Crippen LogP contribution in [0.1, 0.15) is 24.0 Å². The van der Waals surface area contributed by atoms with Gasteiger partial charge in [0.05, 0.1) is 0 Å². The molecule has 14 heavy (non-hydrogen) atoms. The van der Waals surface area contributed by atoms with Crippen LogP contribution in [0.3, 0.4) is 0 Å². The molecular formula is C11H9ClF2. The summed E-state index contributed by atoms with van der Waals surface area (Å²) in [4.78, 5) is 0. The van der Waals surface area contributed by atoms with Gasteiger partial charge in [0.2, 0.25) is 0 Å². The first-order chi connectivity index (χ1) is 6.75. The van der Waals surface area contributed by atoms with Crippen LogP contribution in [0.25, 0.3) is 0 Å². The lowest BCUT2D eigenvalue weighted by molar-refractivity contribution is 0.151. The lowest BCUT2D eigenvalue weighted by Gasteiger charge is -2.01. The molecule has 0 radical (unpaired) electrons. The number of hydrogen-bond donors (Lipinski definition) is 0. The van der Waals surface area contributed by atoms with Crippen LogP contribution in [-0.4, -0.2) is 5.88 Å². The van der Waals surface area contributed by atoms with Crippen molar-refractivity contribution in [2.75, 3.05) is 5.88 Å². The summed E-state index contributed by atoms with van der Waals surface area (Å²) in [7, 11) is 0. The van der Waals surface area contributed by atoms with Gasteiger partial charge in [-0.05, 0) is 6.07 Å². The molecule has 0 aromatic heterocycles. The molecule has 0 aliphatic carbocycles. The SMILES string of the molecule is FC(F)c1ccccc1C#CCCCl. The maximum absolute atomic E-state index is 12.4. The molecule has 0 aliphatic rings. The molecule has 0 fully saturated rings. The van der Waals surface area contributed by atoms with E-state index in [-0.39, 0.29) is 5.56 Å². The fourth-order valence-electron chi connectivity index (χ4n) is 1.01. The van der Waals surface area contributed by atoms with E-state index in [2.05, 4.69) is 11.8 Å². The van der Waals surface area contributed by atoms with E-state index in [1.807, 2.05) is 0 Å². The minimum absolute atomic E-state index is 0.0189. The molecule has 3 heteroatoms. The van der Waals surface area contributed by atoms with Crippen LogP contribution < -0.4 is 0 Å². The summed E-state index contributed by atoms with van der Waals surface area (Å²) in [5.41, 5.74) is 0.363. The summed E-state index contributed by atoms with van der Waals surface area (Å²) in [6.07, 6.45) is -1.96. The minimum atomic E-state index is -2.48. The van der Waals surface area contributed by atoms with Gasteiger partial charge < -0.3 is 0 Å². The molecule has 1 aromatic rings. The maximum Gasteiger partial charge on any atom is 0.265 e. The highest BCUT2D eigenvalue weighted by atomic mass is 35.5. The van der Waals surface area contributed by atoms with Crippen molar-refractivity contribution in [1.82, 2.24) is 0 Å². The predicted octanol–water partition coefficient (Wildman–Crippen LogP) is 3.60. The van der Waals surface area contributed by atoms with Crippen molar-refractivity contribution < 1.29 is 8.78 Å². The summed E-state index contributed by atoms with van der Waals surface area (Å²) < 4.78 is 24.9. The topological polar surface area (TPSA) is 0 Å². The number of hydrogen-bond acceptors (Lipinski definition) is 0. The van der Waals surface area contributed by atoms with Crippen LogP contribution in [0, 0.1) is 11.8 Å². The van der Waals surface area contributed by atoms with Crippen molar-refractivity contribution in [2.45, 2.75) is 12.8 Å². The van der Waals surface area contributed by atoms with E-state index in [0.29, 0.717) is 17.9 Å². The molecule has 0 spiro atoms. The number of rotatable bonds is 2. The Labute approximate surface area is 86.9 Å². The maximum atomic E-state index is 12.4. The van der Waals surface area contributed by atoms with Crippen molar-refractivity contribution in [3.8, 4) is 11.8 Å². The second kappa shape index (κ2) is 5.62. The van der Waals surface area contributed by atoms with Crippen molar-refractivity contribution in [2.24, 2.45) is 0 Å². The molecule has 0 bridgehead atoms. The van der Waals surface area contributed by atoms with Crippen LogP contribution in [0.5, 0.6) is 0 Å². The quantitative estimate of drug-likeness (QED) is 0.521. The van der Waals surface area contributed by atoms with E-state index in [9.17, 15) is 8.78 Å². The molecule has 0 unspecified atom stereocenters. The van der Waals surface area contributed by atoms with Crippen LogP contribution in [0.15, 0.2) is 24.3 Å². The molecule has 0 heterocycles. The number of alkyl halides is 3. The highest BCUT2D eigenvalue weighted by Crippen LogP contribution is 2.21. The Hall–Kier alpha value is -1.07. The van der Waals surface area contributed by atoms with Crippen LogP contribution in [-0.2, 0) is 0 Å². The van der Waals surface area contributed by atoms with Crippen molar-refractivity contribution in [1.29, 1.82) is 0 Å². The third-order valence-electron chi connectivity index (χ3n) is 1.64. The normalized spacial score (nSPS) is 9.71. The lowest BCUT2D eigenvalue weighted by Crippen LogP contribution is -1.89. The van der Waals surface area contributed by atoms with E-state index in [1.54, 1.807) is 18.2 Å².